The zero-order valence-corrected chi connectivity index (χ0v) is 26.2. The van der Waals surface area contributed by atoms with Crippen LogP contribution in [0.25, 0.3) is 0 Å². The third kappa shape index (κ3) is 5.64. The highest BCUT2D eigenvalue weighted by Gasteiger charge is 2.65. The summed E-state index contributed by atoms with van der Waals surface area (Å²) in [4.78, 5) is 39.9. The fraction of sp³-hybridized carbons (Fsp3) is 0.444. The third-order valence-electron chi connectivity index (χ3n) is 11.0. The predicted octanol–water partition coefficient (Wildman–Crippen LogP) is 6.08. The molecule has 3 N–H and O–H groups in total. The van der Waals surface area contributed by atoms with Gasteiger partial charge in [-0.25, -0.2) is 0 Å². The molecule has 2 aliphatic rings. The summed E-state index contributed by atoms with van der Waals surface area (Å²) in [6.45, 7) is 7.47. The topological polar surface area (TPSA) is 133 Å². The zero-order chi connectivity index (χ0) is 32.4. The van der Waals surface area contributed by atoms with Crippen molar-refractivity contribution < 1.29 is 24.7 Å². The molecule has 2 fully saturated rings. The molecule has 5 atom stereocenters. The van der Waals surface area contributed by atoms with E-state index >= 15 is 0 Å². The van der Waals surface area contributed by atoms with Crippen LogP contribution in [0.5, 0.6) is 0 Å². The van der Waals surface area contributed by atoms with Crippen molar-refractivity contribution >= 4 is 17.6 Å². The number of benzene rings is 3. The van der Waals surface area contributed by atoms with Gasteiger partial charge in [0, 0.05) is 35.5 Å². The summed E-state index contributed by atoms with van der Waals surface area (Å²) < 4.78 is 0. The first-order valence-corrected chi connectivity index (χ1v) is 15.8. The highest BCUT2D eigenvalue weighted by molar-refractivity contribution is 5.84. The van der Waals surface area contributed by atoms with Crippen molar-refractivity contribution in [1.82, 2.24) is 10.2 Å². The van der Waals surface area contributed by atoms with E-state index in [0.717, 1.165) is 25.9 Å². The van der Waals surface area contributed by atoms with Gasteiger partial charge in [-0.2, -0.15) is 0 Å². The first-order valence-electron chi connectivity index (χ1n) is 15.8. The van der Waals surface area contributed by atoms with Crippen LogP contribution in [0.15, 0.2) is 84.9 Å². The van der Waals surface area contributed by atoms with Gasteiger partial charge in [0.05, 0.1) is 15.8 Å². The smallest absolute Gasteiger partial charge is 0.311 e. The average molecular weight is 614 g/mol. The number of carboxylic acids is 2. The Morgan fingerprint density at radius 2 is 1.47 bits per heavy atom. The number of hydrogen-bond acceptors (Lipinski definition) is 6. The molecule has 3 aromatic carbocycles. The zero-order valence-electron chi connectivity index (χ0n) is 26.2. The van der Waals surface area contributed by atoms with E-state index in [2.05, 4.69) is 58.7 Å². The van der Waals surface area contributed by atoms with E-state index < -0.39 is 45.7 Å². The second kappa shape index (κ2) is 12.7. The van der Waals surface area contributed by atoms with Crippen LogP contribution in [0.3, 0.4) is 0 Å². The van der Waals surface area contributed by atoms with Gasteiger partial charge >= 0.3 is 11.9 Å². The molecule has 0 spiro atoms. The maximum Gasteiger partial charge on any atom is 0.311 e. The number of non-ortho nitro benzene ring substituents is 1. The van der Waals surface area contributed by atoms with Gasteiger partial charge in [-0.1, -0.05) is 72.8 Å². The van der Waals surface area contributed by atoms with Crippen molar-refractivity contribution in [2.75, 3.05) is 19.6 Å². The Bertz CT molecular complexity index is 1480. The fourth-order valence-electron chi connectivity index (χ4n) is 8.29. The molecule has 9 nitrogen and oxygen atoms in total. The Morgan fingerprint density at radius 1 is 0.889 bits per heavy atom. The molecule has 2 aliphatic heterocycles. The molecule has 2 saturated heterocycles. The molecule has 0 saturated carbocycles. The molecule has 2 heterocycles. The Hall–Kier alpha value is -4.08. The number of carboxylic acid groups (broad SMARTS) is 2. The lowest BCUT2D eigenvalue weighted by Gasteiger charge is -2.56. The summed E-state index contributed by atoms with van der Waals surface area (Å²) in [5.74, 6) is -3.23. The predicted molar refractivity (Wildman–Crippen MR) is 172 cm³/mol. The van der Waals surface area contributed by atoms with Crippen molar-refractivity contribution in [2.45, 2.75) is 69.9 Å². The Labute approximate surface area is 264 Å². The molecule has 9 heteroatoms. The molecule has 0 radical (unpaired) electrons. The second-order valence-electron chi connectivity index (χ2n) is 13.1. The van der Waals surface area contributed by atoms with Crippen LogP contribution in [-0.2, 0) is 15.0 Å². The number of nitrogens with zero attached hydrogens (tertiary/aromatic N) is 2. The van der Waals surface area contributed by atoms with Gasteiger partial charge in [0.15, 0.2) is 0 Å². The van der Waals surface area contributed by atoms with E-state index in [-0.39, 0.29) is 17.5 Å². The van der Waals surface area contributed by atoms with E-state index in [1.165, 1.54) is 29.3 Å². The van der Waals surface area contributed by atoms with Crippen molar-refractivity contribution in [2.24, 2.45) is 10.8 Å². The lowest BCUT2D eigenvalue weighted by Crippen LogP contribution is -2.68. The molecule has 238 valence electrons. The number of aliphatic carboxylic acids is 2. The van der Waals surface area contributed by atoms with Gasteiger partial charge < -0.3 is 20.4 Å². The highest BCUT2D eigenvalue weighted by atomic mass is 16.6. The Morgan fingerprint density at radius 3 is 1.98 bits per heavy atom. The molecule has 0 aliphatic carbocycles. The fourth-order valence-corrected chi connectivity index (χ4v) is 8.29. The van der Waals surface area contributed by atoms with E-state index in [1.54, 1.807) is 26.8 Å². The van der Waals surface area contributed by atoms with E-state index in [0.29, 0.717) is 18.5 Å². The van der Waals surface area contributed by atoms with Crippen molar-refractivity contribution in [3.63, 3.8) is 0 Å². The normalized spacial score (nSPS) is 28.3. The monoisotopic (exact) mass is 613 g/mol. The van der Waals surface area contributed by atoms with Crippen LogP contribution < -0.4 is 5.32 Å². The summed E-state index contributed by atoms with van der Waals surface area (Å²) in [5.41, 5.74) is -0.375. The molecule has 0 amide bonds. The number of hydrogen-bond donors (Lipinski definition) is 3. The van der Waals surface area contributed by atoms with Crippen LogP contribution in [0.4, 0.5) is 5.69 Å². The Balaban J connectivity index is 1.41. The minimum Gasteiger partial charge on any atom is -0.481 e. The minimum absolute atomic E-state index is 0.102. The summed E-state index contributed by atoms with van der Waals surface area (Å²) in [6.07, 6.45) is 2.61. The maximum atomic E-state index is 13.4. The van der Waals surface area contributed by atoms with E-state index in [4.69, 9.17) is 0 Å². The van der Waals surface area contributed by atoms with Crippen LogP contribution in [-0.4, -0.2) is 63.7 Å². The van der Waals surface area contributed by atoms with Gasteiger partial charge in [0.2, 0.25) is 0 Å². The van der Waals surface area contributed by atoms with Gasteiger partial charge in [0.1, 0.15) is 0 Å². The van der Waals surface area contributed by atoms with Crippen molar-refractivity contribution in [3.05, 3.63) is 112 Å². The number of rotatable bonds is 10. The van der Waals surface area contributed by atoms with Gasteiger partial charge in [0.25, 0.3) is 5.69 Å². The second-order valence-corrected chi connectivity index (χ2v) is 13.1. The number of nitro benzene ring substituents is 1. The standard InChI is InChI=1S/C36H43N3O6/c1-25-34(3,32(40)41)31(27-12-10-17-30(24-27)39(44)45)36(33(42)43,26(2)37-25)18-11-21-38-22-19-35(20-23-38,28-13-6-4-7-14-28)29-15-8-5-9-16-29/h4-10,12-17,24-26,31,37H,11,18-23H2,1-3H3,(H,40,41)(H,42,43)/t25?,26?,31-,34?,36?/m1/s1. The first-order chi connectivity index (χ1) is 21.5. The largest absolute Gasteiger partial charge is 0.481 e. The molecule has 0 bridgehead atoms. The number of carbonyl (C=O) groups is 2. The number of likely N-dealkylation sites (tertiary alicyclic amines) is 1. The van der Waals surface area contributed by atoms with Crippen molar-refractivity contribution in [3.8, 4) is 0 Å². The summed E-state index contributed by atoms with van der Waals surface area (Å²) in [5, 5.41) is 36.5. The van der Waals surface area contributed by atoms with Gasteiger partial charge in [-0.05, 0) is 82.8 Å². The summed E-state index contributed by atoms with van der Waals surface area (Å²) >= 11 is 0. The lowest BCUT2D eigenvalue weighted by molar-refractivity contribution is -0.385. The van der Waals surface area contributed by atoms with Crippen LogP contribution in [0.1, 0.15) is 69.1 Å². The van der Waals surface area contributed by atoms with Crippen LogP contribution in [0, 0.1) is 20.9 Å². The van der Waals surface area contributed by atoms with Crippen LogP contribution >= 0.6 is 0 Å². The minimum atomic E-state index is -1.53. The van der Waals surface area contributed by atoms with Crippen molar-refractivity contribution in [1.29, 1.82) is 0 Å². The molecule has 5 rings (SSSR count). The van der Waals surface area contributed by atoms with Gasteiger partial charge in [-0.15, -0.1) is 0 Å². The highest BCUT2D eigenvalue weighted by Crippen LogP contribution is 2.57. The quantitative estimate of drug-likeness (QED) is 0.185. The maximum absolute atomic E-state index is 13.4. The summed E-state index contributed by atoms with van der Waals surface area (Å²) in [7, 11) is 0. The SMILES string of the molecule is CC1NC(C)C(CCCN2CCC(c3ccccc3)(c3ccccc3)CC2)(C(=O)O)[C@H](c2cccc([N+](=O)[O-])c2)C1(C)C(=O)O. The molecular weight excluding hydrogens is 570 g/mol. The molecular formula is C36H43N3O6. The molecule has 3 aromatic rings. The van der Waals surface area contributed by atoms with E-state index in [1.807, 2.05) is 12.1 Å². The molecule has 45 heavy (non-hydrogen) atoms. The third-order valence-corrected chi connectivity index (χ3v) is 11.0. The lowest BCUT2D eigenvalue weighted by atomic mass is 9.51. The Kier molecular flexibility index (Phi) is 9.14. The average Bonchev–Trinajstić information content (AvgIpc) is 3.04. The number of nitrogens with one attached hydrogen (secondary N) is 1. The van der Waals surface area contributed by atoms with Gasteiger partial charge in [-0.3, -0.25) is 19.7 Å². The molecule has 4 unspecified atom stereocenters. The van der Waals surface area contributed by atoms with E-state index in [9.17, 15) is 29.9 Å². The number of piperidine rings is 2. The number of nitro groups is 1. The molecule has 0 aromatic heterocycles. The first kappa shape index (κ1) is 32.3. The van der Waals surface area contributed by atoms with Crippen LogP contribution in [0.2, 0.25) is 0 Å². The summed E-state index contributed by atoms with van der Waals surface area (Å²) in [6, 6.07) is 25.9.